The van der Waals surface area contributed by atoms with E-state index in [4.69, 9.17) is 10.5 Å². The lowest BCUT2D eigenvalue weighted by molar-refractivity contribution is 0.263. The average molecular weight is 237 g/mol. The van der Waals surface area contributed by atoms with Crippen LogP contribution < -0.4 is 15.4 Å². The number of methoxy groups -OCH3 is 1. The van der Waals surface area contributed by atoms with Gasteiger partial charge in [-0.1, -0.05) is 0 Å². The van der Waals surface area contributed by atoms with Crippen LogP contribution in [0.25, 0.3) is 0 Å². The van der Waals surface area contributed by atoms with Gasteiger partial charge in [0.1, 0.15) is 0 Å². The molecule has 1 aliphatic rings. The van der Waals surface area contributed by atoms with Crippen LogP contribution in [0.15, 0.2) is 12.3 Å². The number of ether oxygens (including phenoxy) is 1. The van der Waals surface area contributed by atoms with Crippen molar-refractivity contribution in [1.82, 2.24) is 14.9 Å². The zero-order chi connectivity index (χ0) is 12.1. The molecule has 0 aromatic carbocycles. The van der Waals surface area contributed by atoms with Crippen LogP contribution in [-0.2, 0) is 0 Å². The predicted molar refractivity (Wildman–Crippen MR) is 66.3 cm³/mol. The van der Waals surface area contributed by atoms with Gasteiger partial charge in [-0.05, 0) is 0 Å². The minimum Gasteiger partial charge on any atom is -0.481 e. The number of hydrogen-bond acceptors (Lipinski definition) is 6. The summed E-state index contributed by atoms with van der Waals surface area (Å²) < 4.78 is 5.10. The summed E-state index contributed by atoms with van der Waals surface area (Å²) in [6.07, 6.45) is 1.73. The number of hydrogen-bond donors (Lipinski definition) is 1. The fourth-order valence-electron chi connectivity index (χ4n) is 1.95. The molecule has 0 radical (unpaired) electrons. The van der Waals surface area contributed by atoms with Gasteiger partial charge in [0, 0.05) is 51.5 Å². The first kappa shape index (κ1) is 12.1. The second-order valence-electron chi connectivity index (χ2n) is 4.02. The van der Waals surface area contributed by atoms with Crippen LogP contribution in [0.3, 0.4) is 0 Å². The SMILES string of the molecule is COc1ccnc(N2CCN(CCN)CC2)n1. The van der Waals surface area contributed by atoms with Crippen LogP contribution in [-0.4, -0.2) is 61.2 Å². The van der Waals surface area contributed by atoms with Gasteiger partial charge in [0.2, 0.25) is 11.8 Å². The molecule has 2 rings (SSSR count). The van der Waals surface area contributed by atoms with E-state index in [0.29, 0.717) is 5.88 Å². The summed E-state index contributed by atoms with van der Waals surface area (Å²) in [7, 11) is 1.62. The lowest BCUT2D eigenvalue weighted by Crippen LogP contribution is -2.48. The Morgan fingerprint density at radius 3 is 2.76 bits per heavy atom. The second kappa shape index (κ2) is 5.79. The summed E-state index contributed by atoms with van der Waals surface area (Å²) in [6, 6.07) is 1.76. The molecular formula is C11H19N5O. The lowest BCUT2D eigenvalue weighted by Gasteiger charge is -2.34. The van der Waals surface area contributed by atoms with Crippen LogP contribution >= 0.6 is 0 Å². The topological polar surface area (TPSA) is 67.5 Å². The van der Waals surface area contributed by atoms with E-state index >= 15 is 0 Å². The molecule has 1 fully saturated rings. The second-order valence-corrected chi connectivity index (χ2v) is 4.02. The summed E-state index contributed by atoms with van der Waals surface area (Å²) in [6.45, 7) is 5.58. The van der Waals surface area contributed by atoms with Crippen LogP contribution in [0.1, 0.15) is 0 Å². The van der Waals surface area contributed by atoms with Crippen LogP contribution in [0.2, 0.25) is 0 Å². The highest BCUT2D eigenvalue weighted by Gasteiger charge is 2.18. The van der Waals surface area contributed by atoms with E-state index in [9.17, 15) is 0 Å². The molecule has 0 aliphatic carbocycles. The first-order valence-corrected chi connectivity index (χ1v) is 5.88. The fourth-order valence-corrected chi connectivity index (χ4v) is 1.95. The van der Waals surface area contributed by atoms with Crippen LogP contribution in [0, 0.1) is 0 Å². The number of piperazine rings is 1. The van der Waals surface area contributed by atoms with E-state index < -0.39 is 0 Å². The van der Waals surface area contributed by atoms with E-state index in [0.717, 1.165) is 45.2 Å². The van der Waals surface area contributed by atoms with E-state index in [-0.39, 0.29) is 0 Å². The molecule has 0 amide bonds. The zero-order valence-corrected chi connectivity index (χ0v) is 10.2. The summed E-state index contributed by atoms with van der Waals surface area (Å²) in [5, 5.41) is 0. The maximum Gasteiger partial charge on any atom is 0.228 e. The molecule has 0 spiro atoms. The average Bonchev–Trinajstić information content (AvgIpc) is 2.40. The fraction of sp³-hybridized carbons (Fsp3) is 0.636. The van der Waals surface area contributed by atoms with Gasteiger partial charge in [-0.15, -0.1) is 0 Å². The third-order valence-corrected chi connectivity index (χ3v) is 2.93. The lowest BCUT2D eigenvalue weighted by atomic mass is 10.3. The van der Waals surface area contributed by atoms with Crippen molar-refractivity contribution in [2.75, 3.05) is 51.3 Å². The van der Waals surface area contributed by atoms with Crippen LogP contribution in [0.4, 0.5) is 5.95 Å². The van der Waals surface area contributed by atoms with Crippen molar-refractivity contribution < 1.29 is 4.74 Å². The van der Waals surface area contributed by atoms with Gasteiger partial charge in [-0.3, -0.25) is 4.90 Å². The normalized spacial score (nSPS) is 17.2. The highest BCUT2D eigenvalue weighted by Crippen LogP contribution is 2.14. The molecule has 0 unspecified atom stereocenters. The van der Waals surface area contributed by atoms with Crippen molar-refractivity contribution in [2.24, 2.45) is 5.73 Å². The van der Waals surface area contributed by atoms with Gasteiger partial charge >= 0.3 is 0 Å². The van der Waals surface area contributed by atoms with Crippen molar-refractivity contribution in [3.63, 3.8) is 0 Å². The standard InChI is InChI=1S/C11H19N5O/c1-17-10-2-4-13-11(14-10)16-8-6-15(5-3-12)7-9-16/h2,4H,3,5-9,12H2,1H3. The monoisotopic (exact) mass is 237 g/mol. The molecule has 1 aromatic heterocycles. The molecule has 0 saturated carbocycles. The molecule has 94 valence electrons. The van der Waals surface area contributed by atoms with Crippen molar-refractivity contribution in [3.05, 3.63) is 12.3 Å². The van der Waals surface area contributed by atoms with Crippen LogP contribution in [0.5, 0.6) is 5.88 Å². The summed E-state index contributed by atoms with van der Waals surface area (Å²) in [4.78, 5) is 13.1. The smallest absolute Gasteiger partial charge is 0.228 e. The Bertz CT molecular complexity index is 351. The summed E-state index contributed by atoms with van der Waals surface area (Å²) in [5.74, 6) is 1.36. The van der Waals surface area contributed by atoms with E-state index in [1.807, 2.05) is 0 Å². The van der Waals surface area contributed by atoms with E-state index in [1.165, 1.54) is 0 Å². The number of nitrogens with two attached hydrogens (primary N) is 1. The van der Waals surface area contributed by atoms with Crippen molar-refractivity contribution in [3.8, 4) is 5.88 Å². The van der Waals surface area contributed by atoms with Crippen molar-refractivity contribution in [1.29, 1.82) is 0 Å². The van der Waals surface area contributed by atoms with Gasteiger partial charge in [-0.25, -0.2) is 4.98 Å². The maximum atomic E-state index is 5.55. The third kappa shape index (κ3) is 3.04. The minimum atomic E-state index is 0.611. The van der Waals surface area contributed by atoms with E-state index in [1.54, 1.807) is 19.4 Å². The molecule has 2 heterocycles. The minimum absolute atomic E-state index is 0.611. The van der Waals surface area contributed by atoms with Gasteiger partial charge in [0.05, 0.1) is 7.11 Å². The molecule has 17 heavy (non-hydrogen) atoms. The Hall–Kier alpha value is -1.40. The zero-order valence-electron chi connectivity index (χ0n) is 10.2. The number of anilines is 1. The van der Waals surface area contributed by atoms with E-state index in [2.05, 4.69) is 19.8 Å². The Kier molecular flexibility index (Phi) is 4.11. The molecule has 2 N–H and O–H groups in total. The van der Waals surface area contributed by atoms with Gasteiger partial charge in [0.25, 0.3) is 0 Å². The summed E-state index contributed by atoms with van der Waals surface area (Å²) >= 11 is 0. The molecule has 1 saturated heterocycles. The molecule has 6 heteroatoms. The maximum absolute atomic E-state index is 5.55. The molecule has 0 bridgehead atoms. The predicted octanol–water partition coefficient (Wildman–Crippen LogP) is -0.434. The number of nitrogens with zero attached hydrogens (tertiary/aromatic N) is 4. The third-order valence-electron chi connectivity index (χ3n) is 2.93. The Labute approximate surface area is 101 Å². The van der Waals surface area contributed by atoms with Gasteiger partial charge in [0.15, 0.2) is 0 Å². The Morgan fingerprint density at radius 2 is 2.12 bits per heavy atom. The highest BCUT2D eigenvalue weighted by atomic mass is 16.5. The summed E-state index contributed by atoms with van der Waals surface area (Å²) in [5.41, 5.74) is 5.55. The van der Waals surface area contributed by atoms with Crippen molar-refractivity contribution in [2.45, 2.75) is 0 Å². The molecule has 1 aromatic rings. The first-order valence-electron chi connectivity index (χ1n) is 5.88. The number of rotatable bonds is 4. The highest BCUT2D eigenvalue weighted by molar-refractivity contribution is 5.32. The molecular weight excluding hydrogens is 218 g/mol. The molecule has 0 atom stereocenters. The van der Waals surface area contributed by atoms with Gasteiger partial charge < -0.3 is 15.4 Å². The number of aromatic nitrogens is 2. The molecule has 6 nitrogen and oxygen atoms in total. The Morgan fingerprint density at radius 1 is 1.35 bits per heavy atom. The largest absolute Gasteiger partial charge is 0.481 e. The quantitative estimate of drug-likeness (QED) is 0.766. The first-order chi connectivity index (χ1) is 8.33. The Balaban J connectivity index is 1.95. The molecule has 1 aliphatic heterocycles. The van der Waals surface area contributed by atoms with Gasteiger partial charge in [-0.2, -0.15) is 4.98 Å². The van der Waals surface area contributed by atoms with Crippen molar-refractivity contribution >= 4 is 5.95 Å².